The molecule has 128 valence electrons. The summed E-state index contributed by atoms with van der Waals surface area (Å²) in [5.74, 6) is 0. The summed E-state index contributed by atoms with van der Waals surface area (Å²) >= 11 is 7.66. The summed E-state index contributed by atoms with van der Waals surface area (Å²) in [4.78, 5) is 0. The number of primary sulfonamides is 1. The Morgan fingerprint density at radius 3 is 1.38 bits per heavy atom. The number of alkyl halides is 11. The van der Waals surface area contributed by atoms with E-state index in [1.54, 1.807) is 0 Å². The van der Waals surface area contributed by atoms with Crippen LogP contribution in [0.25, 0.3) is 0 Å². The molecule has 0 bridgehead atoms. The van der Waals surface area contributed by atoms with E-state index in [0.717, 1.165) is 0 Å². The van der Waals surface area contributed by atoms with E-state index < -0.39 is 38.0 Å². The second-order valence-corrected chi connectivity index (χ2v) is 5.87. The monoisotopic (exact) mass is 397 g/mol. The van der Waals surface area contributed by atoms with E-state index in [2.05, 4.69) is 28.3 Å². The molecule has 1 unspecified atom stereocenters. The molecule has 0 aromatic heterocycles. The molecule has 0 rings (SSSR count). The average molecular weight is 398 g/mol. The summed E-state index contributed by atoms with van der Waals surface area (Å²) in [6.45, 7) is 0. The molecule has 16 heteroatoms. The van der Waals surface area contributed by atoms with E-state index >= 15 is 0 Å². The molecule has 0 aromatic carbocycles. The second-order valence-electron chi connectivity index (χ2n) is 3.27. The number of rotatable bonds is 6. The Kier molecular flexibility index (Phi) is 5.13. The Hall–Kier alpha value is -0.180. The molecule has 0 fully saturated rings. The fourth-order valence-electron chi connectivity index (χ4n) is 0.615. The molecule has 4 nitrogen and oxygen atoms in total. The lowest BCUT2D eigenvalue weighted by atomic mass is 10.3. The molecule has 0 heterocycles. The molecule has 0 amide bonds. The van der Waals surface area contributed by atoms with Crippen LogP contribution >= 0.6 is 23.2 Å². The maximum Gasteiger partial charge on any atom is 0.448 e. The van der Waals surface area contributed by atoms with Crippen molar-refractivity contribution in [1.82, 2.24) is 0 Å². The van der Waals surface area contributed by atoms with Crippen LogP contribution in [0.3, 0.4) is 0 Å². The van der Waals surface area contributed by atoms with Crippen LogP contribution < -0.4 is 5.14 Å². The van der Waals surface area contributed by atoms with Gasteiger partial charge in [-0.2, -0.15) is 35.1 Å². The molecule has 0 aliphatic heterocycles. The third-order valence-corrected chi connectivity index (χ3v) is 3.44. The summed E-state index contributed by atoms with van der Waals surface area (Å²) in [6.07, 6.45) is -13.3. The van der Waals surface area contributed by atoms with Gasteiger partial charge >= 0.3 is 28.0 Å². The summed E-state index contributed by atoms with van der Waals surface area (Å²) in [6, 6.07) is 0. The highest BCUT2D eigenvalue weighted by Gasteiger charge is 2.77. The van der Waals surface area contributed by atoms with Crippen LogP contribution in [0.2, 0.25) is 0 Å². The van der Waals surface area contributed by atoms with Gasteiger partial charge in [-0.25, -0.2) is 22.7 Å². The SMILES string of the molecule is NS(=O)(=O)C(F)(F)C(F)(F)OC(F)(F)C(F)(Cl)C(F)(F)Cl. The van der Waals surface area contributed by atoms with E-state index in [0.29, 0.717) is 0 Å². The third kappa shape index (κ3) is 3.60. The average Bonchev–Trinajstić information content (AvgIpc) is 2.11. The van der Waals surface area contributed by atoms with Crippen molar-refractivity contribution in [3.63, 3.8) is 0 Å². The van der Waals surface area contributed by atoms with Crippen LogP contribution in [0.4, 0.5) is 39.5 Å². The predicted octanol–water partition coefficient (Wildman–Crippen LogP) is 2.81. The smallest absolute Gasteiger partial charge is 0.246 e. The van der Waals surface area contributed by atoms with Gasteiger partial charge in [-0.15, -0.1) is 0 Å². The lowest BCUT2D eigenvalue weighted by Crippen LogP contribution is -2.60. The zero-order chi connectivity index (χ0) is 17.7. The van der Waals surface area contributed by atoms with Gasteiger partial charge in [0.1, 0.15) is 0 Å². The summed E-state index contributed by atoms with van der Waals surface area (Å²) < 4.78 is 136. The maximum atomic E-state index is 12.8. The van der Waals surface area contributed by atoms with Crippen molar-refractivity contribution in [2.24, 2.45) is 5.14 Å². The molecule has 0 spiro atoms. The van der Waals surface area contributed by atoms with Gasteiger partial charge in [-0.3, -0.25) is 0 Å². The molecule has 2 N–H and O–H groups in total. The minimum absolute atomic E-state index is 1.86. The number of hydrogen-bond acceptors (Lipinski definition) is 3. The van der Waals surface area contributed by atoms with E-state index in [4.69, 9.17) is 0 Å². The van der Waals surface area contributed by atoms with Crippen molar-refractivity contribution >= 4 is 33.2 Å². The molecular weight excluding hydrogens is 396 g/mol. The third-order valence-electron chi connectivity index (χ3n) is 1.67. The quantitative estimate of drug-likeness (QED) is 0.553. The highest BCUT2D eigenvalue weighted by Crippen LogP contribution is 2.53. The predicted molar refractivity (Wildman–Crippen MR) is 49.5 cm³/mol. The highest BCUT2D eigenvalue weighted by atomic mass is 35.5. The van der Waals surface area contributed by atoms with Gasteiger partial charge in [-0.1, -0.05) is 11.6 Å². The number of ether oxygens (including phenoxy) is 1. The second kappa shape index (κ2) is 5.18. The first-order chi connectivity index (χ1) is 8.71. The van der Waals surface area contributed by atoms with Crippen molar-refractivity contribution in [3.8, 4) is 0 Å². The van der Waals surface area contributed by atoms with Crippen molar-refractivity contribution in [2.75, 3.05) is 0 Å². The first kappa shape index (κ1) is 20.8. The minimum Gasteiger partial charge on any atom is -0.246 e. The van der Waals surface area contributed by atoms with E-state index in [1.165, 1.54) is 0 Å². The van der Waals surface area contributed by atoms with E-state index in [-0.39, 0.29) is 0 Å². The highest BCUT2D eigenvalue weighted by molar-refractivity contribution is 7.90. The van der Waals surface area contributed by atoms with E-state index in [1.807, 2.05) is 4.74 Å². The van der Waals surface area contributed by atoms with Gasteiger partial charge in [-0.05, 0) is 11.6 Å². The number of halogens is 11. The van der Waals surface area contributed by atoms with Crippen LogP contribution in [0, 0.1) is 0 Å². The Balaban J connectivity index is 5.76. The molecule has 0 aliphatic rings. The van der Waals surface area contributed by atoms with E-state index in [9.17, 15) is 47.9 Å². The molecule has 21 heavy (non-hydrogen) atoms. The van der Waals surface area contributed by atoms with Crippen molar-refractivity contribution in [2.45, 2.75) is 28.0 Å². The molecule has 1 atom stereocenters. The summed E-state index contributed by atoms with van der Waals surface area (Å²) in [5, 5.41) is -14.6. The Morgan fingerprint density at radius 2 is 1.14 bits per heavy atom. The Bertz CT molecular complexity index is 502. The largest absolute Gasteiger partial charge is 0.448 e. The lowest BCUT2D eigenvalue weighted by Gasteiger charge is -2.34. The van der Waals surface area contributed by atoms with Crippen LogP contribution in [-0.4, -0.2) is 36.4 Å². The lowest BCUT2D eigenvalue weighted by molar-refractivity contribution is -0.439. The first-order valence-electron chi connectivity index (χ1n) is 4.01. The van der Waals surface area contributed by atoms with Gasteiger partial charge in [0.25, 0.3) is 10.0 Å². The molecule has 0 radical (unpaired) electrons. The van der Waals surface area contributed by atoms with Crippen LogP contribution in [0.5, 0.6) is 0 Å². The standard InChI is InChI=1S/C5H2Cl2F9NO3S/c6-1(8,2(7,9)10)3(11,12)20-4(13,14)5(15,16)21(17,18)19/h(H2,17,18,19). The molecule has 0 aliphatic carbocycles. The molecule has 0 saturated carbocycles. The summed E-state index contributed by atoms with van der Waals surface area (Å²) in [5.41, 5.74) is 0. The first-order valence-corrected chi connectivity index (χ1v) is 6.31. The van der Waals surface area contributed by atoms with Crippen molar-refractivity contribution < 1.29 is 52.7 Å². The van der Waals surface area contributed by atoms with Gasteiger partial charge in [0.15, 0.2) is 0 Å². The van der Waals surface area contributed by atoms with Gasteiger partial charge in [0.2, 0.25) is 0 Å². The summed E-state index contributed by atoms with van der Waals surface area (Å²) in [7, 11) is -6.54. The van der Waals surface area contributed by atoms with Gasteiger partial charge in [0, 0.05) is 0 Å². The number of hydrogen-bond donors (Lipinski definition) is 1. The fourth-order valence-corrected chi connectivity index (χ4v) is 1.14. The van der Waals surface area contributed by atoms with Gasteiger partial charge < -0.3 is 0 Å². The number of sulfonamides is 1. The molecule has 0 aromatic rings. The van der Waals surface area contributed by atoms with Crippen LogP contribution in [0.15, 0.2) is 0 Å². The van der Waals surface area contributed by atoms with Crippen LogP contribution in [-0.2, 0) is 14.8 Å². The van der Waals surface area contributed by atoms with Gasteiger partial charge in [0.05, 0.1) is 0 Å². The van der Waals surface area contributed by atoms with Crippen molar-refractivity contribution in [1.29, 1.82) is 0 Å². The topological polar surface area (TPSA) is 69.4 Å². The zero-order valence-electron chi connectivity index (χ0n) is 8.87. The number of nitrogens with two attached hydrogens (primary N) is 1. The maximum absolute atomic E-state index is 12.8. The normalized spacial score (nSPS) is 18.5. The fraction of sp³-hybridized carbons (Fsp3) is 1.00. The minimum atomic E-state index is -6.72. The van der Waals surface area contributed by atoms with Crippen molar-refractivity contribution in [3.05, 3.63) is 0 Å². The molecule has 0 saturated heterocycles. The Labute approximate surface area is 120 Å². The zero-order valence-corrected chi connectivity index (χ0v) is 11.2. The Morgan fingerprint density at radius 1 is 0.810 bits per heavy atom. The van der Waals surface area contributed by atoms with Crippen LogP contribution in [0.1, 0.15) is 0 Å². The molecular formula is C5H2Cl2F9NO3S.